The van der Waals surface area contributed by atoms with Crippen LogP contribution in [0.25, 0.3) is 0 Å². The SMILES string of the molecule is O=C=C([As](c1ccccc1)c1ccccc1)[As](c1ccccc1)c1ccccc1. The summed E-state index contributed by atoms with van der Waals surface area (Å²) in [4.78, 5) is 12.6. The molecule has 0 aliphatic heterocycles. The van der Waals surface area contributed by atoms with E-state index in [1.54, 1.807) is 0 Å². The maximum atomic E-state index is 12.6. The summed E-state index contributed by atoms with van der Waals surface area (Å²) in [5, 5.41) is 0. The number of hydrogen-bond acceptors (Lipinski definition) is 1. The molecular weight excluding hydrogens is 478 g/mol. The van der Waals surface area contributed by atoms with Crippen molar-refractivity contribution in [2.75, 3.05) is 0 Å². The number of rotatable bonds is 6. The van der Waals surface area contributed by atoms with E-state index in [4.69, 9.17) is 0 Å². The monoisotopic (exact) mass is 498 g/mol. The molecule has 0 aliphatic rings. The molecule has 0 atom stereocenters. The molecule has 0 saturated carbocycles. The molecule has 0 fully saturated rings. The molecule has 4 aromatic rings. The third-order valence-corrected chi connectivity index (χ3v) is 17.9. The first-order chi connectivity index (χ1) is 14.4. The van der Waals surface area contributed by atoms with E-state index < -0.39 is 29.3 Å². The van der Waals surface area contributed by atoms with Gasteiger partial charge in [-0.15, -0.1) is 0 Å². The van der Waals surface area contributed by atoms with Crippen LogP contribution in [0, 0.1) is 0 Å². The summed E-state index contributed by atoms with van der Waals surface area (Å²) in [6, 6.07) is 42.1. The van der Waals surface area contributed by atoms with Crippen molar-refractivity contribution in [2.24, 2.45) is 0 Å². The Balaban J connectivity index is 1.92. The summed E-state index contributed by atoms with van der Waals surface area (Å²) in [7, 11) is 0. The Morgan fingerprint density at radius 1 is 0.448 bits per heavy atom. The van der Waals surface area contributed by atoms with Crippen molar-refractivity contribution in [3.8, 4) is 0 Å². The second kappa shape index (κ2) is 9.77. The molecule has 0 unspecified atom stereocenters. The van der Waals surface area contributed by atoms with Gasteiger partial charge in [-0.1, -0.05) is 0 Å². The van der Waals surface area contributed by atoms with Gasteiger partial charge in [0, 0.05) is 0 Å². The second-order valence-corrected chi connectivity index (χ2v) is 17.1. The normalized spacial score (nSPS) is 10.7. The minimum absolute atomic E-state index is 1.01. The zero-order chi connectivity index (χ0) is 19.9. The van der Waals surface area contributed by atoms with Crippen LogP contribution in [0.5, 0.6) is 0 Å². The Bertz CT molecular complexity index is 927. The summed E-state index contributed by atoms with van der Waals surface area (Å²) < 4.78 is 6.11. The molecule has 3 heteroatoms. The van der Waals surface area contributed by atoms with Crippen LogP contribution < -0.4 is 17.4 Å². The standard InChI is InChI=1S/C26H20As2O/c29-21-26(27(22-13-5-1-6-14-22)23-15-7-2-8-16-23)28(24-17-9-3-10-18-24)25-19-11-4-12-20-25/h1-20H. The second-order valence-electron chi connectivity index (χ2n) is 6.44. The van der Waals surface area contributed by atoms with Gasteiger partial charge in [-0.2, -0.15) is 0 Å². The molecule has 0 heterocycles. The van der Waals surface area contributed by atoms with Crippen LogP contribution in [0.1, 0.15) is 0 Å². The molecule has 0 aromatic heterocycles. The van der Waals surface area contributed by atoms with E-state index in [9.17, 15) is 4.79 Å². The molecule has 4 rings (SSSR count). The minimum atomic E-state index is -2.00. The summed E-state index contributed by atoms with van der Waals surface area (Å²) >= 11 is -3.99. The van der Waals surface area contributed by atoms with Crippen molar-refractivity contribution < 1.29 is 4.79 Å². The Hall–Kier alpha value is -2.55. The van der Waals surface area contributed by atoms with Gasteiger partial charge in [0.15, 0.2) is 0 Å². The zero-order valence-electron chi connectivity index (χ0n) is 15.8. The van der Waals surface area contributed by atoms with Gasteiger partial charge < -0.3 is 0 Å². The molecule has 0 saturated heterocycles. The van der Waals surface area contributed by atoms with Crippen molar-refractivity contribution >= 4 is 52.6 Å². The quantitative estimate of drug-likeness (QED) is 0.295. The third kappa shape index (κ3) is 4.55. The summed E-state index contributed by atoms with van der Waals surface area (Å²) in [6.07, 6.45) is 0. The Labute approximate surface area is 181 Å². The molecule has 0 amide bonds. The molecule has 140 valence electrons. The van der Waals surface area contributed by atoms with Crippen LogP contribution in [-0.2, 0) is 4.79 Å². The van der Waals surface area contributed by atoms with Gasteiger partial charge in [0.1, 0.15) is 0 Å². The van der Waals surface area contributed by atoms with E-state index >= 15 is 0 Å². The summed E-state index contributed by atoms with van der Waals surface area (Å²) in [6.45, 7) is 0. The van der Waals surface area contributed by atoms with Crippen molar-refractivity contribution in [3.05, 3.63) is 124 Å². The first-order valence-corrected chi connectivity index (χ1v) is 15.1. The predicted octanol–water partition coefficient (Wildman–Crippen LogP) is 2.44. The zero-order valence-corrected chi connectivity index (χ0v) is 19.6. The molecule has 0 bridgehead atoms. The number of benzene rings is 4. The Morgan fingerprint density at radius 3 is 0.897 bits per heavy atom. The van der Waals surface area contributed by atoms with Gasteiger partial charge >= 0.3 is 182 Å². The molecule has 4 aromatic carbocycles. The van der Waals surface area contributed by atoms with E-state index in [0.29, 0.717) is 0 Å². The van der Waals surface area contributed by atoms with E-state index in [1.165, 1.54) is 17.4 Å². The fourth-order valence-corrected chi connectivity index (χ4v) is 18.6. The van der Waals surface area contributed by atoms with Crippen LogP contribution in [0.15, 0.2) is 124 Å². The van der Waals surface area contributed by atoms with Crippen molar-refractivity contribution in [3.63, 3.8) is 0 Å². The first-order valence-electron chi connectivity index (χ1n) is 9.44. The van der Waals surface area contributed by atoms with Gasteiger partial charge in [-0.3, -0.25) is 0 Å². The van der Waals surface area contributed by atoms with Crippen LogP contribution in [0.4, 0.5) is 0 Å². The first kappa shape index (κ1) is 19.7. The third-order valence-electron chi connectivity index (χ3n) is 4.57. The predicted molar refractivity (Wildman–Crippen MR) is 125 cm³/mol. The fraction of sp³-hybridized carbons (Fsp3) is 0. The van der Waals surface area contributed by atoms with Crippen molar-refractivity contribution in [1.82, 2.24) is 0 Å². The van der Waals surface area contributed by atoms with Crippen LogP contribution >= 0.6 is 0 Å². The Morgan fingerprint density at radius 2 is 0.690 bits per heavy atom. The molecule has 0 aliphatic carbocycles. The molecule has 1 nitrogen and oxygen atoms in total. The topological polar surface area (TPSA) is 17.1 Å². The fourth-order valence-electron chi connectivity index (χ4n) is 3.29. The van der Waals surface area contributed by atoms with Crippen molar-refractivity contribution in [1.29, 1.82) is 0 Å². The van der Waals surface area contributed by atoms with Gasteiger partial charge in [0.25, 0.3) is 0 Å². The van der Waals surface area contributed by atoms with Gasteiger partial charge in [0.2, 0.25) is 0 Å². The molecule has 0 radical (unpaired) electrons. The van der Waals surface area contributed by atoms with Gasteiger partial charge in [-0.25, -0.2) is 0 Å². The van der Waals surface area contributed by atoms with Crippen LogP contribution in [0.3, 0.4) is 0 Å². The number of carbonyl (C=O) groups excluding carboxylic acids is 1. The molecular formula is C26H20As2O. The van der Waals surface area contributed by atoms with Gasteiger partial charge in [0.05, 0.1) is 0 Å². The number of hydrogen-bond donors (Lipinski definition) is 0. The molecule has 0 spiro atoms. The summed E-state index contributed by atoms with van der Waals surface area (Å²) in [5.74, 6) is 2.49. The van der Waals surface area contributed by atoms with Crippen LogP contribution in [0.2, 0.25) is 0 Å². The van der Waals surface area contributed by atoms with Gasteiger partial charge in [-0.05, 0) is 0 Å². The Kier molecular flexibility index (Phi) is 6.66. The molecule has 29 heavy (non-hydrogen) atoms. The maximum absolute atomic E-state index is 12.6. The average molecular weight is 498 g/mol. The summed E-state index contributed by atoms with van der Waals surface area (Å²) in [5.41, 5.74) is 0. The van der Waals surface area contributed by atoms with E-state index in [0.717, 1.165) is 3.15 Å². The van der Waals surface area contributed by atoms with E-state index in [-0.39, 0.29) is 0 Å². The van der Waals surface area contributed by atoms with Crippen LogP contribution in [-0.4, -0.2) is 35.2 Å². The van der Waals surface area contributed by atoms with E-state index in [2.05, 4.69) is 103 Å². The van der Waals surface area contributed by atoms with E-state index in [1.807, 2.05) is 24.3 Å². The van der Waals surface area contributed by atoms with Crippen molar-refractivity contribution in [2.45, 2.75) is 0 Å². The average Bonchev–Trinajstić information content (AvgIpc) is 2.81. The molecule has 0 N–H and O–H groups in total.